The molecule has 12 heavy (non-hydrogen) atoms. The Morgan fingerprint density at radius 2 is 2.17 bits per heavy atom. The Morgan fingerprint density at radius 1 is 1.42 bits per heavy atom. The number of nitrogens with one attached hydrogen (secondary N) is 1. The predicted molar refractivity (Wildman–Crippen MR) is 54.2 cm³/mol. The lowest BCUT2D eigenvalue weighted by atomic mass is 9.92. The molecule has 0 aromatic carbocycles. The monoisotopic (exact) mass is 165 g/mol. The van der Waals surface area contributed by atoms with E-state index in [2.05, 4.69) is 23.5 Å². The first-order valence-electron chi connectivity index (χ1n) is 5.06. The molecule has 0 amide bonds. The van der Waals surface area contributed by atoms with E-state index < -0.39 is 0 Å². The summed E-state index contributed by atoms with van der Waals surface area (Å²) in [5, 5.41) is 3.41. The van der Waals surface area contributed by atoms with E-state index in [1.165, 1.54) is 25.8 Å². The minimum atomic E-state index is 0.727. The van der Waals surface area contributed by atoms with Crippen molar-refractivity contribution >= 4 is 0 Å². The second-order valence-electron chi connectivity index (χ2n) is 3.00. The van der Waals surface area contributed by atoms with Gasteiger partial charge in [-0.1, -0.05) is 37.6 Å². The summed E-state index contributed by atoms with van der Waals surface area (Å²) in [6.07, 6.45) is 10.5. The van der Waals surface area contributed by atoms with Crippen LogP contribution in [0, 0.1) is 0 Å². The average molecular weight is 165 g/mol. The van der Waals surface area contributed by atoms with Gasteiger partial charge in [-0.2, -0.15) is 0 Å². The molecule has 1 fully saturated rings. The number of allylic oxidation sites excluding steroid dienone is 3. The van der Waals surface area contributed by atoms with Crippen LogP contribution in [0.25, 0.3) is 0 Å². The molecule has 1 saturated heterocycles. The molecule has 0 aromatic rings. The maximum atomic E-state index is 3.41. The summed E-state index contributed by atoms with van der Waals surface area (Å²) in [5.41, 5.74) is 1.61. The van der Waals surface area contributed by atoms with Crippen LogP contribution in [0.1, 0.15) is 33.1 Å². The van der Waals surface area contributed by atoms with Gasteiger partial charge in [0.2, 0.25) is 0 Å². The van der Waals surface area contributed by atoms with Crippen LogP contribution in [-0.2, 0) is 0 Å². The standard InChI is InChI=1S/C9H13N.C2H6/c1-2-4-8(5-3-1)9-6-7-10-9;1-2/h1-2,4,9-10H,3,5-7H2;1-2H3. The van der Waals surface area contributed by atoms with Crippen molar-refractivity contribution in [1.29, 1.82) is 0 Å². The number of hydrogen-bond acceptors (Lipinski definition) is 1. The molecule has 0 aromatic heterocycles. The third-order valence-electron chi connectivity index (χ3n) is 2.32. The highest BCUT2D eigenvalue weighted by molar-refractivity contribution is 5.23. The van der Waals surface area contributed by atoms with Crippen molar-refractivity contribution < 1.29 is 0 Å². The number of rotatable bonds is 1. The van der Waals surface area contributed by atoms with E-state index in [1.807, 2.05) is 13.8 Å². The van der Waals surface area contributed by atoms with Crippen LogP contribution < -0.4 is 5.32 Å². The van der Waals surface area contributed by atoms with Crippen molar-refractivity contribution in [2.24, 2.45) is 0 Å². The molecule has 0 radical (unpaired) electrons. The second kappa shape index (κ2) is 5.15. The summed E-state index contributed by atoms with van der Waals surface area (Å²) in [5.74, 6) is 0. The first kappa shape index (κ1) is 9.53. The Balaban J connectivity index is 0.000000336. The van der Waals surface area contributed by atoms with Gasteiger partial charge >= 0.3 is 0 Å². The van der Waals surface area contributed by atoms with Crippen LogP contribution in [0.2, 0.25) is 0 Å². The van der Waals surface area contributed by atoms with Crippen molar-refractivity contribution in [3.8, 4) is 0 Å². The summed E-state index contributed by atoms with van der Waals surface area (Å²) in [6.45, 7) is 5.21. The van der Waals surface area contributed by atoms with E-state index in [1.54, 1.807) is 5.57 Å². The normalized spacial score (nSPS) is 26.5. The van der Waals surface area contributed by atoms with Gasteiger partial charge in [0.15, 0.2) is 0 Å². The minimum Gasteiger partial charge on any atom is -0.310 e. The Labute approximate surface area is 75.6 Å². The molecular weight excluding hydrogens is 146 g/mol. The molecule has 1 nitrogen and oxygen atoms in total. The smallest absolute Gasteiger partial charge is 0.0294 e. The average Bonchev–Trinajstić information content (AvgIpc) is 2.07. The minimum absolute atomic E-state index is 0.727. The Bertz CT molecular complexity index is 175. The topological polar surface area (TPSA) is 12.0 Å². The highest BCUT2D eigenvalue weighted by Crippen LogP contribution is 2.20. The van der Waals surface area contributed by atoms with Gasteiger partial charge in [-0.05, 0) is 25.8 Å². The molecule has 1 N–H and O–H groups in total. The summed E-state index contributed by atoms with van der Waals surface area (Å²) in [4.78, 5) is 0. The van der Waals surface area contributed by atoms with E-state index in [-0.39, 0.29) is 0 Å². The molecule has 1 aliphatic heterocycles. The van der Waals surface area contributed by atoms with Crippen LogP contribution in [0.15, 0.2) is 23.8 Å². The fourth-order valence-corrected chi connectivity index (χ4v) is 1.52. The molecule has 2 rings (SSSR count). The predicted octanol–water partition coefficient (Wildman–Crippen LogP) is 2.65. The Kier molecular flexibility index (Phi) is 4.09. The first-order valence-corrected chi connectivity index (χ1v) is 5.06. The molecule has 1 unspecified atom stereocenters. The zero-order valence-corrected chi connectivity index (χ0v) is 8.14. The Hall–Kier alpha value is -0.560. The van der Waals surface area contributed by atoms with Crippen molar-refractivity contribution in [3.05, 3.63) is 23.8 Å². The van der Waals surface area contributed by atoms with Gasteiger partial charge in [0.05, 0.1) is 0 Å². The van der Waals surface area contributed by atoms with Crippen LogP contribution in [-0.4, -0.2) is 12.6 Å². The van der Waals surface area contributed by atoms with Crippen molar-refractivity contribution in [3.63, 3.8) is 0 Å². The Morgan fingerprint density at radius 3 is 2.58 bits per heavy atom. The lowest BCUT2D eigenvalue weighted by molar-refractivity contribution is 0.409. The van der Waals surface area contributed by atoms with Crippen LogP contribution >= 0.6 is 0 Å². The molecule has 1 aliphatic carbocycles. The maximum absolute atomic E-state index is 3.41. The van der Waals surface area contributed by atoms with Gasteiger partial charge in [-0.3, -0.25) is 0 Å². The highest BCUT2D eigenvalue weighted by Gasteiger charge is 2.20. The van der Waals surface area contributed by atoms with Gasteiger partial charge in [0, 0.05) is 6.04 Å². The third-order valence-corrected chi connectivity index (χ3v) is 2.32. The van der Waals surface area contributed by atoms with Crippen LogP contribution in [0.5, 0.6) is 0 Å². The summed E-state index contributed by atoms with van der Waals surface area (Å²) < 4.78 is 0. The summed E-state index contributed by atoms with van der Waals surface area (Å²) >= 11 is 0. The zero-order valence-electron chi connectivity index (χ0n) is 8.14. The third kappa shape index (κ3) is 2.21. The lowest BCUT2D eigenvalue weighted by Crippen LogP contribution is -2.44. The van der Waals surface area contributed by atoms with Gasteiger partial charge in [0.25, 0.3) is 0 Å². The molecule has 1 heteroatoms. The number of hydrogen-bond donors (Lipinski definition) is 1. The van der Waals surface area contributed by atoms with E-state index in [4.69, 9.17) is 0 Å². The lowest BCUT2D eigenvalue weighted by Gasteiger charge is -2.30. The SMILES string of the molecule is C1=CCCC(C2CCN2)=C1.CC. The zero-order chi connectivity index (χ0) is 8.81. The molecule has 1 atom stereocenters. The van der Waals surface area contributed by atoms with Gasteiger partial charge in [0.1, 0.15) is 0 Å². The van der Waals surface area contributed by atoms with Crippen LogP contribution in [0.3, 0.4) is 0 Å². The molecule has 0 spiro atoms. The molecule has 68 valence electrons. The van der Waals surface area contributed by atoms with Gasteiger partial charge in [-0.25, -0.2) is 0 Å². The highest BCUT2D eigenvalue weighted by atomic mass is 15.0. The molecule has 2 aliphatic rings. The molecule has 0 bridgehead atoms. The molecule has 1 heterocycles. The van der Waals surface area contributed by atoms with Gasteiger partial charge < -0.3 is 5.32 Å². The quantitative estimate of drug-likeness (QED) is 0.630. The maximum Gasteiger partial charge on any atom is 0.0294 e. The van der Waals surface area contributed by atoms with E-state index in [0.717, 1.165) is 6.04 Å². The van der Waals surface area contributed by atoms with Crippen molar-refractivity contribution in [2.45, 2.75) is 39.2 Å². The van der Waals surface area contributed by atoms with Gasteiger partial charge in [-0.15, -0.1) is 0 Å². The summed E-state index contributed by atoms with van der Waals surface area (Å²) in [7, 11) is 0. The largest absolute Gasteiger partial charge is 0.310 e. The van der Waals surface area contributed by atoms with E-state index in [0.29, 0.717) is 0 Å². The van der Waals surface area contributed by atoms with Crippen LogP contribution in [0.4, 0.5) is 0 Å². The van der Waals surface area contributed by atoms with E-state index >= 15 is 0 Å². The molecule has 0 saturated carbocycles. The fraction of sp³-hybridized carbons (Fsp3) is 0.636. The molecular formula is C11H19N. The summed E-state index contributed by atoms with van der Waals surface area (Å²) in [6, 6.07) is 0.727. The van der Waals surface area contributed by atoms with E-state index in [9.17, 15) is 0 Å². The van der Waals surface area contributed by atoms with Crippen molar-refractivity contribution in [2.75, 3.05) is 6.54 Å². The first-order chi connectivity index (χ1) is 5.97. The fourth-order valence-electron chi connectivity index (χ4n) is 1.52. The second-order valence-corrected chi connectivity index (χ2v) is 3.00. The van der Waals surface area contributed by atoms with Crippen molar-refractivity contribution in [1.82, 2.24) is 5.32 Å².